The molecule has 27 heavy (non-hydrogen) atoms. The Balaban J connectivity index is 1.84. The zero-order valence-corrected chi connectivity index (χ0v) is 15.9. The summed E-state index contributed by atoms with van der Waals surface area (Å²) in [5.74, 6) is 0. The van der Waals surface area contributed by atoms with Gasteiger partial charge in [0.15, 0.2) is 0 Å². The molecule has 0 unspecified atom stereocenters. The summed E-state index contributed by atoms with van der Waals surface area (Å²) in [6, 6.07) is 27.0. The maximum atomic E-state index is 2.62. The first-order valence-corrected chi connectivity index (χ1v) is 10.1. The van der Waals surface area contributed by atoms with Gasteiger partial charge in [-0.3, -0.25) is 4.90 Å². The lowest BCUT2D eigenvalue weighted by Crippen LogP contribution is -2.22. The van der Waals surface area contributed by atoms with Crippen LogP contribution in [0.15, 0.2) is 72.8 Å². The minimum atomic E-state index is 1.03. The first-order chi connectivity index (χ1) is 13.3. The molecule has 0 N–H and O–H groups in total. The minimum Gasteiger partial charge on any atom is -0.295 e. The van der Waals surface area contributed by atoms with Crippen LogP contribution in [-0.4, -0.2) is 11.4 Å². The SMILES string of the molecule is CCCCN1Cc2ccc3ccccc3c2-c2c(ccc3ccccc23)C1. The van der Waals surface area contributed by atoms with Crippen molar-refractivity contribution in [2.24, 2.45) is 0 Å². The van der Waals surface area contributed by atoms with Crippen molar-refractivity contribution in [3.8, 4) is 11.1 Å². The van der Waals surface area contributed by atoms with Gasteiger partial charge in [-0.15, -0.1) is 0 Å². The van der Waals surface area contributed by atoms with E-state index in [9.17, 15) is 0 Å². The molecule has 1 heteroatoms. The van der Waals surface area contributed by atoms with Gasteiger partial charge in [-0.1, -0.05) is 86.1 Å². The van der Waals surface area contributed by atoms with E-state index in [4.69, 9.17) is 0 Å². The Hall–Kier alpha value is -2.64. The van der Waals surface area contributed by atoms with Crippen LogP contribution in [0, 0.1) is 0 Å². The summed E-state index contributed by atoms with van der Waals surface area (Å²) < 4.78 is 0. The van der Waals surface area contributed by atoms with E-state index < -0.39 is 0 Å². The topological polar surface area (TPSA) is 3.24 Å². The smallest absolute Gasteiger partial charge is 0.0243 e. The summed E-state index contributed by atoms with van der Waals surface area (Å²) in [4.78, 5) is 2.62. The molecule has 1 nitrogen and oxygen atoms in total. The molecule has 5 rings (SSSR count). The van der Waals surface area contributed by atoms with E-state index in [-0.39, 0.29) is 0 Å². The molecule has 0 aromatic heterocycles. The van der Waals surface area contributed by atoms with E-state index in [0.29, 0.717) is 0 Å². The highest BCUT2D eigenvalue weighted by Gasteiger charge is 2.22. The number of hydrogen-bond acceptors (Lipinski definition) is 1. The molecule has 0 saturated carbocycles. The van der Waals surface area contributed by atoms with Crippen LogP contribution in [0.5, 0.6) is 0 Å². The zero-order chi connectivity index (χ0) is 18.2. The predicted octanol–water partition coefficient (Wildman–Crippen LogP) is 6.78. The summed E-state index contributed by atoms with van der Waals surface area (Å²) in [7, 11) is 0. The monoisotopic (exact) mass is 351 g/mol. The van der Waals surface area contributed by atoms with Gasteiger partial charge in [0.2, 0.25) is 0 Å². The molecule has 0 saturated heterocycles. The molecule has 134 valence electrons. The summed E-state index contributed by atoms with van der Waals surface area (Å²) in [5.41, 5.74) is 5.80. The van der Waals surface area contributed by atoms with Crippen molar-refractivity contribution in [3.05, 3.63) is 83.9 Å². The molecule has 1 heterocycles. The Kier molecular flexibility index (Phi) is 4.18. The van der Waals surface area contributed by atoms with Crippen LogP contribution < -0.4 is 0 Å². The standard InChI is InChI=1S/C26H25N/c1-2-3-16-27-17-21-14-12-19-8-4-6-10-23(19)25(21)26-22(18-27)15-13-20-9-5-7-11-24(20)26/h4-15H,2-3,16-18H2,1H3. The van der Waals surface area contributed by atoms with Crippen molar-refractivity contribution >= 4 is 21.5 Å². The Morgan fingerprint density at radius 1 is 0.667 bits per heavy atom. The van der Waals surface area contributed by atoms with Crippen molar-refractivity contribution in [2.75, 3.05) is 6.54 Å². The maximum Gasteiger partial charge on any atom is 0.0243 e. The highest BCUT2D eigenvalue weighted by atomic mass is 15.1. The fourth-order valence-electron chi connectivity index (χ4n) is 4.56. The molecule has 0 radical (unpaired) electrons. The normalized spacial score (nSPS) is 14.1. The molecule has 0 spiro atoms. The van der Waals surface area contributed by atoms with Gasteiger partial charge in [0.1, 0.15) is 0 Å². The van der Waals surface area contributed by atoms with E-state index >= 15 is 0 Å². The van der Waals surface area contributed by atoms with Gasteiger partial charge in [0.05, 0.1) is 0 Å². The molecule has 0 fully saturated rings. The third kappa shape index (κ3) is 2.83. The summed E-state index contributed by atoms with van der Waals surface area (Å²) in [6.45, 7) is 5.50. The van der Waals surface area contributed by atoms with Gasteiger partial charge in [0, 0.05) is 13.1 Å². The van der Waals surface area contributed by atoms with Crippen molar-refractivity contribution in [1.29, 1.82) is 0 Å². The molecule has 1 aliphatic heterocycles. The second-order valence-corrected chi connectivity index (χ2v) is 7.71. The summed E-state index contributed by atoms with van der Waals surface area (Å²) in [5, 5.41) is 5.42. The third-order valence-electron chi connectivity index (χ3n) is 5.90. The fraction of sp³-hybridized carbons (Fsp3) is 0.231. The number of hydrogen-bond donors (Lipinski definition) is 0. The lowest BCUT2D eigenvalue weighted by Gasteiger charge is -2.20. The van der Waals surface area contributed by atoms with E-state index in [2.05, 4.69) is 84.6 Å². The Labute approximate surface area is 161 Å². The summed E-state index contributed by atoms with van der Waals surface area (Å²) >= 11 is 0. The van der Waals surface area contributed by atoms with Crippen molar-refractivity contribution < 1.29 is 0 Å². The minimum absolute atomic E-state index is 1.03. The van der Waals surface area contributed by atoms with E-state index in [1.807, 2.05) is 0 Å². The van der Waals surface area contributed by atoms with Crippen LogP contribution >= 0.6 is 0 Å². The second-order valence-electron chi connectivity index (χ2n) is 7.71. The lowest BCUT2D eigenvalue weighted by atomic mass is 9.88. The van der Waals surface area contributed by atoms with Crippen LogP contribution in [0.1, 0.15) is 30.9 Å². The molecule has 0 aliphatic carbocycles. The van der Waals surface area contributed by atoms with Gasteiger partial charge in [-0.05, 0) is 56.8 Å². The Morgan fingerprint density at radius 2 is 1.19 bits per heavy atom. The van der Waals surface area contributed by atoms with E-state index in [1.54, 1.807) is 0 Å². The quantitative estimate of drug-likeness (QED) is 0.393. The Morgan fingerprint density at radius 3 is 1.70 bits per heavy atom. The molecule has 4 aromatic carbocycles. The maximum absolute atomic E-state index is 2.62. The van der Waals surface area contributed by atoms with Crippen LogP contribution in [0.2, 0.25) is 0 Å². The molecular formula is C26H25N. The fourth-order valence-corrected chi connectivity index (χ4v) is 4.56. The van der Waals surface area contributed by atoms with Gasteiger partial charge >= 0.3 is 0 Å². The van der Waals surface area contributed by atoms with Crippen LogP contribution in [0.25, 0.3) is 32.7 Å². The lowest BCUT2D eigenvalue weighted by molar-refractivity contribution is 0.255. The summed E-state index contributed by atoms with van der Waals surface area (Å²) in [6.07, 6.45) is 2.50. The zero-order valence-electron chi connectivity index (χ0n) is 15.9. The molecule has 0 bridgehead atoms. The number of rotatable bonds is 3. The van der Waals surface area contributed by atoms with E-state index in [1.165, 1.54) is 56.6 Å². The van der Waals surface area contributed by atoms with Crippen LogP contribution in [0.4, 0.5) is 0 Å². The van der Waals surface area contributed by atoms with Gasteiger partial charge in [-0.25, -0.2) is 0 Å². The van der Waals surface area contributed by atoms with Gasteiger partial charge in [0.25, 0.3) is 0 Å². The highest BCUT2D eigenvalue weighted by molar-refractivity contribution is 6.08. The molecule has 1 aliphatic rings. The predicted molar refractivity (Wildman–Crippen MR) is 116 cm³/mol. The molecule has 0 atom stereocenters. The van der Waals surface area contributed by atoms with Gasteiger partial charge < -0.3 is 0 Å². The first kappa shape index (κ1) is 16.5. The number of unbranched alkanes of at least 4 members (excludes halogenated alkanes) is 1. The largest absolute Gasteiger partial charge is 0.295 e. The van der Waals surface area contributed by atoms with Crippen LogP contribution in [-0.2, 0) is 13.1 Å². The van der Waals surface area contributed by atoms with Crippen molar-refractivity contribution in [1.82, 2.24) is 4.90 Å². The number of fused-ring (bicyclic) bond motifs is 7. The van der Waals surface area contributed by atoms with E-state index in [0.717, 1.165) is 19.6 Å². The molecular weight excluding hydrogens is 326 g/mol. The average molecular weight is 351 g/mol. The highest BCUT2D eigenvalue weighted by Crippen LogP contribution is 2.41. The first-order valence-electron chi connectivity index (χ1n) is 10.1. The molecule has 4 aromatic rings. The third-order valence-corrected chi connectivity index (χ3v) is 5.90. The van der Waals surface area contributed by atoms with Gasteiger partial charge in [-0.2, -0.15) is 0 Å². The number of benzene rings is 4. The molecule has 0 amide bonds. The second kappa shape index (κ2) is 6.83. The van der Waals surface area contributed by atoms with Crippen LogP contribution in [0.3, 0.4) is 0 Å². The van der Waals surface area contributed by atoms with Crippen molar-refractivity contribution in [2.45, 2.75) is 32.9 Å². The Bertz CT molecular complexity index is 1040. The number of nitrogens with zero attached hydrogens (tertiary/aromatic N) is 1. The van der Waals surface area contributed by atoms with Crippen molar-refractivity contribution in [3.63, 3.8) is 0 Å². The average Bonchev–Trinajstić information content (AvgIpc) is 2.88.